The van der Waals surface area contributed by atoms with Crippen LogP contribution in [0.15, 0.2) is 11.3 Å². The van der Waals surface area contributed by atoms with E-state index >= 15 is 0 Å². The molecule has 1 aliphatic rings. The highest BCUT2D eigenvalue weighted by Crippen LogP contribution is 2.37. The summed E-state index contributed by atoms with van der Waals surface area (Å²) in [5, 5.41) is 7.83. The van der Waals surface area contributed by atoms with E-state index in [-0.39, 0.29) is 11.1 Å². The molecule has 90 valence electrons. The molecular weight excluding hydrogens is 204 g/mol. The Balaban J connectivity index is 2.94. The van der Waals surface area contributed by atoms with E-state index in [4.69, 9.17) is 15.9 Å². The highest BCUT2D eigenvalue weighted by molar-refractivity contribution is 6.05. The van der Waals surface area contributed by atoms with Gasteiger partial charge in [0.1, 0.15) is 5.70 Å². The van der Waals surface area contributed by atoms with Gasteiger partial charge in [0.05, 0.1) is 6.61 Å². The largest absolute Gasteiger partial charge is 0.461 e. The molecule has 4 heteroatoms. The summed E-state index contributed by atoms with van der Waals surface area (Å²) in [5.74, 6) is -0.500. The molecular formula is C12H20N2O2. The molecule has 0 aliphatic heterocycles. The third kappa shape index (κ3) is 2.84. The van der Waals surface area contributed by atoms with Gasteiger partial charge in [-0.15, -0.1) is 0 Å². The number of nitrogens with one attached hydrogen (secondary N) is 1. The van der Waals surface area contributed by atoms with Crippen LogP contribution in [0.3, 0.4) is 0 Å². The third-order valence-electron chi connectivity index (χ3n) is 2.89. The van der Waals surface area contributed by atoms with Gasteiger partial charge in [-0.2, -0.15) is 0 Å². The van der Waals surface area contributed by atoms with Gasteiger partial charge in [0.2, 0.25) is 0 Å². The Hall–Kier alpha value is -1.32. The molecule has 0 amide bonds. The molecule has 16 heavy (non-hydrogen) atoms. The van der Waals surface area contributed by atoms with Crippen LogP contribution in [0, 0.1) is 10.8 Å². The number of hydrogen-bond acceptors (Lipinski definition) is 4. The van der Waals surface area contributed by atoms with E-state index in [1.165, 1.54) is 0 Å². The lowest BCUT2D eigenvalue weighted by molar-refractivity contribution is -0.138. The van der Waals surface area contributed by atoms with Crippen molar-refractivity contribution in [1.29, 1.82) is 5.41 Å². The molecule has 0 spiro atoms. The predicted octanol–water partition coefficient (Wildman–Crippen LogP) is 1.99. The second kappa shape index (κ2) is 4.68. The van der Waals surface area contributed by atoms with Crippen LogP contribution in [-0.2, 0) is 9.53 Å². The number of carbonyl (C=O) groups is 1. The number of rotatable bonds is 2. The SMILES string of the molecule is CCOC(=O)/C(N)=C1\CC(C)(C)CCC1=N. The summed E-state index contributed by atoms with van der Waals surface area (Å²) >= 11 is 0. The van der Waals surface area contributed by atoms with Crippen LogP contribution in [0.2, 0.25) is 0 Å². The fraction of sp³-hybridized carbons (Fsp3) is 0.667. The molecule has 1 fully saturated rings. The van der Waals surface area contributed by atoms with E-state index in [0.29, 0.717) is 30.7 Å². The molecule has 0 bridgehead atoms. The molecule has 4 nitrogen and oxygen atoms in total. The molecule has 0 unspecified atom stereocenters. The molecule has 0 aromatic rings. The molecule has 0 aromatic carbocycles. The van der Waals surface area contributed by atoms with Gasteiger partial charge in [-0.25, -0.2) is 4.79 Å². The summed E-state index contributed by atoms with van der Waals surface area (Å²) in [5.41, 5.74) is 7.11. The predicted molar refractivity (Wildman–Crippen MR) is 63.2 cm³/mol. The van der Waals surface area contributed by atoms with Crippen LogP contribution >= 0.6 is 0 Å². The monoisotopic (exact) mass is 224 g/mol. The van der Waals surface area contributed by atoms with Crippen molar-refractivity contribution in [2.45, 2.75) is 40.0 Å². The van der Waals surface area contributed by atoms with E-state index in [1.54, 1.807) is 6.92 Å². The Morgan fingerprint density at radius 1 is 1.56 bits per heavy atom. The molecule has 1 rings (SSSR count). The van der Waals surface area contributed by atoms with Crippen molar-refractivity contribution in [3.05, 3.63) is 11.3 Å². The summed E-state index contributed by atoms with van der Waals surface area (Å²) in [4.78, 5) is 11.5. The Morgan fingerprint density at radius 2 is 2.19 bits per heavy atom. The van der Waals surface area contributed by atoms with Crippen LogP contribution in [0.25, 0.3) is 0 Å². The third-order valence-corrected chi connectivity index (χ3v) is 2.89. The van der Waals surface area contributed by atoms with Gasteiger partial charge in [0, 0.05) is 11.3 Å². The quantitative estimate of drug-likeness (QED) is 0.556. The van der Waals surface area contributed by atoms with Crippen molar-refractivity contribution in [3.63, 3.8) is 0 Å². The first kappa shape index (κ1) is 12.7. The highest BCUT2D eigenvalue weighted by Gasteiger charge is 2.30. The minimum Gasteiger partial charge on any atom is -0.461 e. The van der Waals surface area contributed by atoms with Crippen molar-refractivity contribution >= 4 is 11.7 Å². The van der Waals surface area contributed by atoms with E-state index in [1.807, 2.05) is 0 Å². The van der Waals surface area contributed by atoms with Gasteiger partial charge in [0.15, 0.2) is 0 Å². The van der Waals surface area contributed by atoms with Crippen LogP contribution in [0.4, 0.5) is 0 Å². The Labute approximate surface area is 96.4 Å². The van der Waals surface area contributed by atoms with Crippen molar-refractivity contribution < 1.29 is 9.53 Å². The Morgan fingerprint density at radius 3 is 2.75 bits per heavy atom. The van der Waals surface area contributed by atoms with Gasteiger partial charge >= 0.3 is 5.97 Å². The van der Waals surface area contributed by atoms with Crippen molar-refractivity contribution in [1.82, 2.24) is 0 Å². The first-order chi connectivity index (χ1) is 7.37. The van der Waals surface area contributed by atoms with Crippen molar-refractivity contribution in [2.24, 2.45) is 11.1 Å². The number of esters is 1. The van der Waals surface area contributed by atoms with E-state index in [0.717, 1.165) is 6.42 Å². The van der Waals surface area contributed by atoms with Crippen molar-refractivity contribution in [3.8, 4) is 0 Å². The van der Waals surface area contributed by atoms with Gasteiger partial charge in [-0.1, -0.05) is 13.8 Å². The smallest absolute Gasteiger partial charge is 0.354 e. The highest BCUT2D eigenvalue weighted by atomic mass is 16.5. The molecule has 1 saturated carbocycles. The fourth-order valence-corrected chi connectivity index (χ4v) is 1.88. The number of hydrogen-bond donors (Lipinski definition) is 2. The minimum atomic E-state index is -0.500. The normalized spacial score (nSPS) is 22.8. The molecule has 0 heterocycles. The maximum absolute atomic E-state index is 11.5. The van der Waals surface area contributed by atoms with Gasteiger partial charge in [-0.3, -0.25) is 0 Å². The van der Waals surface area contributed by atoms with E-state index in [9.17, 15) is 4.79 Å². The van der Waals surface area contributed by atoms with Crippen molar-refractivity contribution in [2.75, 3.05) is 6.61 Å². The average Bonchev–Trinajstić information content (AvgIpc) is 2.21. The zero-order chi connectivity index (χ0) is 12.3. The van der Waals surface area contributed by atoms with Crippen LogP contribution in [-0.4, -0.2) is 18.3 Å². The first-order valence-electron chi connectivity index (χ1n) is 5.61. The fourth-order valence-electron chi connectivity index (χ4n) is 1.88. The van der Waals surface area contributed by atoms with Gasteiger partial charge in [-0.05, 0) is 31.6 Å². The maximum atomic E-state index is 11.5. The maximum Gasteiger partial charge on any atom is 0.354 e. The number of nitrogens with two attached hydrogens (primary N) is 1. The summed E-state index contributed by atoms with van der Waals surface area (Å²) in [6.45, 7) is 6.30. The lowest BCUT2D eigenvalue weighted by atomic mass is 9.73. The second-order valence-corrected chi connectivity index (χ2v) is 4.93. The topological polar surface area (TPSA) is 76.2 Å². The van der Waals surface area contributed by atoms with Crippen LogP contribution in [0.5, 0.6) is 0 Å². The van der Waals surface area contributed by atoms with Gasteiger partial charge < -0.3 is 15.9 Å². The average molecular weight is 224 g/mol. The standard InChI is InChI=1S/C12H20N2O2/c1-4-16-11(15)10(14)8-7-12(2,3)6-5-9(8)13/h13H,4-7,14H2,1-3H3/b10-8-,13-9?. The summed E-state index contributed by atoms with van der Waals surface area (Å²) < 4.78 is 4.85. The lowest BCUT2D eigenvalue weighted by Crippen LogP contribution is -2.28. The Kier molecular flexibility index (Phi) is 3.73. The number of ether oxygens (including phenoxy) is 1. The molecule has 0 radical (unpaired) electrons. The van der Waals surface area contributed by atoms with Crippen LogP contribution in [0.1, 0.15) is 40.0 Å². The molecule has 0 aromatic heterocycles. The number of allylic oxidation sites excluding steroid dienone is 1. The second-order valence-electron chi connectivity index (χ2n) is 4.93. The van der Waals surface area contributed by atoms with Gasteiger partial charge in [0.25, 0.3) is 0 Å². The van der Waals surface area contributed by atoms with E-state index < -0.39 is 5.97 Å². The van der Waals surface area contributed by atoms with E-state index in [2.05, 4.69) is 13.8 Å². The van der Waals surface area contributed by atoms with Crippen LogP contribution < -0.4 is 5.73 Å². The molecule has 0 saturated heterocycles. The first-order valence-corrected chi connectivity index (χ1v) is 5.61. The summed E-state index contributed by atoms with van der Waals surface area (Å²) in [7, 11) is 0. The summed E-state index contributed by atoms with van der Waals surface area (Å²) in [6, 6.07) is 0. The lowest BCUT2D eigenvalue weighted by Gasteiger charge is -2.32. The Bertz CT molecular complexity index is 343. The zero-order valence-corrected chi connectivity index (χ0v) is 10.2. The minimum absolute atomic E-state index is 0.108. The zero-order valence-electron chi connectivity index (χ0n) is 10.2. The molecule has 1 aliphatic carbocycles. The molecule has 0 atom stereocenters. The summed E-state index contributed by atoms with van der Waals surface area (Å²) in [6.07, 6.45) is 2.32. The molecule has 3 N–H and O–H groups in total. The number of carbonyl (C=O) groups excluding carboxylic acids is 1.